The molecule has 2 aromatic heterocycles. The Morgan fingerprint density at radius 3 is 2.95 bits per heavy atom. The smallest absolute Gasteiger partial charge is 0.276 e. The first kappa shape index (κ1) is 13.3. The first-order valence-electron chi connectivity index (χ1n) is 7.12. The van der Waals surface area contributed by atoms with E-state index in [1.54, 1.807) is 4.68 Å². The second kappa shape index (κ2) is 4.70. The maximum absolute atomic E-state index is 6.50. The van der Waals surface area contributed by atoms with E-state index in [0.717, 1.165) is 30.7 Å². The van der Waals surface area contributed by atoms with Crippen molar-refractivity contribution in [2.24, 2.45) is 18.7 Å². The van der Waals surface area contributed by atoms with Gasteiger partial charge in [0, 0.05) is 7.05 Å². The van der Waals surface area contributed by atoms with Crippen molar-refractivity contribution in [3.63, 3.8) is 0 Å². The molecule has 1 fully saturated rings. The minimum absolute atomic E-state index is 0.451. The lowest BCUT2D eigenvalue weighted by molar-refractivity contribution is 0.222. The summed E-state index contributed by atoms with van der Waals surface area (Å²) in [5.74, 6) is 1.72. The third-order valence-electron chi connectivity index (χ3n) is 4.12. The van der Waals surface area contributed by atoms with Gasteiger partial charge in [0.05, 0.1) is 11.2 Å². The van der Waals surface area contributed by atoms with Crippen molar-refractivity contribution in [1.29, 1.82) is 0 Å². The Kier molecular flexibility index (Phi) is 3.12. The standard InChI is InChI=1S/C14H21N5O/c1-9-5-4-6-14(15,8-9)13-16-12(20-18-13)11-7-10(2)17-19(11)3/h7,9H,4-6,8,15H2,1-3H3. The van der Waals surface area contributed by atoms with Gasteiger partial charge in [0.1, 0.15) is 5.69 Å². The van der Waals surface area contributed by atoms with Crippen molar-refractivity contribution in [3.05, 3.63) is 17.6 Å². The van der Waals surface area contributed by atoms with Crippen LogP contribution in [0.4, 0.5) is 0 Å². The fraction of sp³-hybridized carbons (Fsp3) is 0.643. The van der Waals surface area contributed by atoms with Crippen LogP contribution in [0.15, 0.2) is 10.6 Å². The fourth-order valence-electron chi connectivity index (χ4n) is 3.14. The predicted octanol–water partition coefficient (Wildman–Crippen LogP) is 2.14. The number of hydrogen-bond acceptors (Lipinski definition) is 5. The van der Waals surface area contributed by atoms with Crippen molar-refractivity contribution >= 4 is 0 Å². The van der Waals surface area contributed by atoms with Crippen LogP contribution in [0.1, 0.15) is 44.1 Å². The fourth-order valence-corrected chi connectivity index (χ4v) is 3.14. The van der Waals surface area contributed by atoms with E-state index in [4.69, 9.17) is 10.3 Å². The van der Waals surface area contributed by atoms with Gasteiger partial charge in [-0.25, -0.2) is 0 Å². The summed E-state index contributed by atoms with van der Waals surface area (Å²) < 4.78 is 7.15. The van der Waals surface area contributed by atoms with E-state index in [0.29, 0.717) is 17.6 Å². The highest BCUT2D eigenvalue weighted by Crippen LogP contribution is 2.37. The van der Waals surface area contributed by atoms with Gasteiger partial charge in [-0.2, -0.15) is 10.1 Å². The van der Waals surface area contributed by atoms with E-state index in [1.165, 1.54) is 6.42 Å². The molecule has 0 spiro atoms. The summed E-state index contributed by atoms with van der Waals surface area (Å²) in [5.41, 5.74) is 7.80. The van der Waals surface area contributed by atoms with Crippen molar-refractivity contribution in [3.8, 4) is 11.6 Å². The molecule has 0 bridgehead atoms. The highest BCUT2D eigenvalue weighted by atomic mass is 16.5. The number of aromatic nitrogens is 4. The second-order valence-corrected chi connectivity index (χ2v) is 6.08. The molecule has 1 aliphatic rings. The Labute approximate surface area is 118 Å². The van der Waals surface area contributed by atoms with Crippen molar-refractivity contribution in [2.45, 2.75) is 45.1 Å². The van der Waals surface area contributed by atoms with Gasteiger partial charge in [-0.05, 0) is 31.7 Å². The molecule has 0 aliphatic heterocycles. The van der Waals surface area contributed by atoms with Crippen LogP contribution in [0, 0.1) is 12.8 Å². The van der Waals surface area contributed by atoms with Gasteiger partial charge in [-0.1, -0.05) is 24.9 Å². The molecule has 6 nitrogen and oxygen atoms in total. The SMILES string of the molecule is Cc1cc(-c2nc(C3(N)CCCC(C)C3)no2)n(C)n1. The van der Waals surface area contributed by atoms with Crippen LogP contribution in [0.5, 0.6) is 0 Å². The van der Waals surface area contributed by atoms with Crippen molar-refractivity contribution < 1.29 is 4.52 Å². The minimum atomic E-state index is -0.451. The summed E-state index contributed by atoms with van der Waals surface area (Å²) >= 11 is 0. The van der Waals surface area contributed by atoms with Gasteiger partial charge >= 0.3 is 0 Å². The maximum atomic E-state index is 6.50. The maximum Gasteiger partial charge on any atom is 0.276 e. The average molecular weight is 275 g/mol. The molecule has 2 N–H and O–H groups in total. The molecular formula is C14H21N5O. The van der Waals surface area contributed by atoms with Gasteiger partial charge in [0.2, 0.25) is 0 Å². The molecule has 2 aromatic rings. The normalized spacial score (nSPS) is 26.9. The first-order chi connectivity index (χ1) is 9.48. The number of nitrogens with zero attached hydrogens (tertiary/aromatic N) is 4. The molecule has 0 aromatic carbocycles. The Balaban J connectivity index is 1.92. The van der Waals surface area contributed by atoms with E-state index in [9.17, 15) is 0 Å². The summed E-state index contributed by atoms with van der Waals surface area (Å²) in [5, 5.41) is 8.42. The average Bonchev–Trinajstić information content (AvgIpc) is 2.95. The summed E-state index contributed by atoms with van der Waals surface area (Å²) in [6.07, 6.45) is 4.17. The van der Waals surface area contributed by atoms with Gasteiger partial charge in [-0.15, -0.1) is 0 Å². The minimum Gasteiger partial charge on any atom is -0.332 e. The number of rotatable bonds is 2. The molecule has 0 saturated heterocycles. The zero-order chi connectivity index (χ0) is 14.3. The summed E-state index contributed by atoms with van der Waals surface area (Å²) in [7, 11) is 1.87. The zero-order valence-electron chi connectivity index (χ0n) is 12.3. The van der Waals surface area contributed by atoms with Gasteiger partial charge < -0.3 is 10.3 Å². The summed E-state index contributed by atoms with van der Waals surface area (Å²) in [6, 6.07) is 1.93. The van der Waals surface area contributed by atoms with E-state index in [1.807, 2.05) is 20.0 Å². The summed E-state index contributed by atoms with van der Waals surface area (Å²) in [4.78, 5) is 4.52. The van der Waals surface area contributed by atoms with Crippen molar-refractivity contribution in [1.82, 2.24) is 19.9 Å². The van der Waals surface area contributed by atoms with Gasteiger partial charge in [0.15, 0.2) is 5.82 Å². The van der Waals surface area contributed by atoms with Crippen LogP contribution in [0.3, 0.4) is 0 Å². The topological polar surface area (TPSA) is 82.8 Å². The molecule has 2 heterocycles. The van der Waals surface area contributed by atoms with Crippen LogP contribution in [-0.4, -0.2) is 19.9 Å². The highest BCUT2D eigenvalue weighted by Gasteiger charge is 2.37. The molecule has 1 aliphatic carbocycles. The largest absolute Gasteiger partial charge is 0.332 e. The zero-order valence-corrected chi connectivity index (χ0v) is 12.3. The van der Waals surface area contributed by atoms with Gasteiger partial charge in [0.25, 0.3) is 5.89 Å². The number of hydrogen-bond donors (Lipinski definition) is 1. The van der Waals surface area contributed by atoms with E-state index in [2.05, 4.69) is 22.2 Å². The molecule has 20 heavy (non-hydrogen) atoms. The molecule has 0 radical (unpaired) electrons. The summed E-state index contributed by atoms with van der Waals surface area (Å²) in [6.45, 7) is 4.17. The molecule has 6 heteroatoms. The monoisotopic (exact) mass is 275 g/mol. The molecule has 2 atom stereocenters. The second-order valence-electron chi connectivity index (χ2n) is 6.08. The number of aryl methyl sites for hydroxylation is 2. The van der Waals surface area contributed by atoms with Gasteiger partial charge in [-0.3, -0.25) is 4.68 Å². The highest BCUT2D eigenvalue weighted by molar-refractivity contribution is 5.47. The van der Waals surface area contributed by atoms with Crippen LogP contribution >= 0.6 is 0 Å². The van der Waals surface area contributed by atoms with Crippen molar-refractivity contribution in [2.75, 3.05) is 0 Å². The molecule has 2 unspecified atom stereocenters. The Morgan fingerprint density at radius 1 is 1.50 bits per heavy atom. The third kappa shape index (κ3) is 2.24. The Hall–Kier alpha value is -1.69. The van der Waals surface area contributed by atoms with E-state index in [-0.39, 0.29) is 0 Å². The number of nitrogens with two attached hydrogens (primary N) is 1. The first-order valence-corrected chi connectivity index (χ1v) is 7.12. The third-order valence-corrected chi connectivity index (χ3v) is 4.12. The predicted molar refractivity (Wildman–Crippen MR) is 74.7 cm³/mol. The quantitative estimate of drug-likeness (QED) is 0.908. The Morgan fingerprint density at radius 2 is 2.30 bits per heavy atom. The molecule has 0 amide bonds. The lowest BCUT2D eigenvalue weighted by Gasteiger charge is -2.33. The van der Waals surface area contributed by atoms with Crippen LogP contribution in [0.2, 0.25) is 0 Å². The molecular weight excluding hydrogens is 254 g/mol. The lowest BCUT2D eigenvalue weighted by Crippen LogP contribution is -2.42. The van der Waals surface area contributed by atoms with E-state index >= 15 is 0 Å². The molecule has 108 valence electrons. The van der Waals surface area contributed by atoms with Crippen LogP contribution in [0.25, 0.3) is 11.6 Å². The lowest BCUT2D eigenvalue weighted by atomic mass is 9.76. The molecule has 1 saturated carbocycles. The molecule has 3 rings (SSSR count). The van der Waals surface area contributed by atoms with Crippen LogP contribution in [-0.2, 0) is 12.6 Å². The Bertz CT molecular complexity index is 617. The van der Waals surface area contributed by atoms with Crippen LogP contribution < -0.4 is 5.73 Å². The van der Waals surface area contributed by atoms with E-state index < -0.39 is 5.54 Å².